The van der Waals surface area contributed by atoms with E-state index in [4.69, 9.17) is 0 Å². The SMILES string of the molecule is Cn1nnc(Br)c1Cn1cnc(C(O)c2ccccc2)n1. The molecular weight excluding hydrogens is 336 g/mol. The predicted octanol–water partition coefficient (Wildman–Crippen LogP) is 1.30. The molecule has 1 aromatic carbocycles. The van der Waals surface area contributed by atoms with Crippen LogP contribution in [0.5, 0.6) is 0 Å². The van der Waals surface area contributed by atoms with Crippen molar-refractivity contribution >= 4 is 15.9 Å². The van der Waals surface area contributed by atoms with Crippen molar-refractivity contribution in [1.29, 1.82) is 0 Å². The van der Waals surface area contributed by atoms with Crippen molar-refractivity contribution in [1.82, 2.24) is 29.8 Å². The van der Waals surface area contributed by atoms with Gasteiger partial charge in [0.15, 0.2) is 10.4 Å². The number of benzene rings is 1. The molecule has 1 atom stereocenters. The topological polar surface area (TPSA) is 81.7 Å². The average Bonchev–Trinajstić information content (AvgIpc) is 3.10. The Bertz CT molecular complexity index is 719. The molecule has 0 radical (unpaired) electrons. The minimum atomic E-state index is -0.833. The van der Waals surface area contributed by atoms with Gasteiger partial charge in [0.2, 0.25) is 0 Å². The minimum absolute atomic E-state index is 0.368. The summed E-state index contributed by atoms with van der Waals surface area (Å²) < 4.78 is 3.98. The molecule has 8 heteroatoms. The second-order valence-corrected chi connectivity index (χ2v) is 5.32. The van der Waals surface area contributed by atoms with Crippen LogP contribution in [0, 0.1) is 0 Å². The fourth-order valence-electron chi connectivity index (χ4n) is 1.97. The van der Waals surface area contributed by atoms with Crippen LogP contribution in [0.2, 0.25) is 0 Å². The molecule has 0 aliphatic rings. The number of nitrogens with zero attached hydrogens (tertiary/aromatic N) is 6. The number of aryl methyl sites for hydroxylation is 1. The van der Waals surface area contributed by atoms with E-state index < -0.39 is 6.10 Å². The Hall–Kier alpha value is -2.06. The molecule has 0 aliphatic carbocycles. The second-order valence-electron chi connectivity index (χ2n) is 4.56. The van der Waals surface area contributed by atoms with Gasteiger partial charge in [-0.2, -0.15) is 5.10 Å². The van der Waals surface area contributed by atoms with Crippen LogP contribution in [0.3, 0.4) is 0 Å². The maximum atomic E-state index is 10.3. The minimum Gasteiger partial charge on any atom is -0.380 e. The molecule has 1 N–H and O–H groups in total. The van der Waals surface area contributed by atoms with Crippen LogP contribution in [0.4, 0.5) is 0 Å². The van der Waals surface area contributed by atoms with Gasteiger partial charge in [0.1, 0.15) is 12.4 Å². The zero-order valence-corrected chi connectivity index (χ0v) is 12.8. The molecule has 0 bridgehead atoms. The molecule has 2 aromatic heterocycles. The van der Waals surface area contributed by atoms with Crippen LogP contribution in [-0.2, 0) is 13.6 Å². The Morgan fingerprint density at radius 1 is 1.29 bits per heavy atom. The smallest absolute Gasteiger partial charge is 0.183 e. The molecule has 108 valence electrons. The number of halogens is 1. The maximum Gasteiger partial charge on any atom is 0.183 e. The zero-order valence-electron chi connectivity index (χ0n) is 11.3. The van der Waals surface area contributed by atoms with Crippen LogP contribution in [0.15, 0.2) is 41.3 Å². The summed E-state index contributed by atoms with van der Waals surface area (Å²) in [6.07, 6.45) is 0.751. The summed E-state index contributed by atoms with van der Waals surface area (Å²) in [5.41, 5.74) is 1.64. The maximum absolute atomic E-state index is 10.3. The summed E-state index contributed by atoms with van der Waals surface area (Å²) >= 11 is 3.34. The van der Waals surface area contributed by atoms with Gasteiger partial charge in [0.25, 0.3) is 0 Å². The molecule has 0 fully saturated rings. The lowest BCUT2D eigenvalue weighted by Gasteiger charge is -2.06. The highest BCUT2D eigenvalue weighted by Gasteiger charge is 2.16. The molecule has 0 aliphatic heterocycles. The molecule has 0 saturated carbocycles. The number of aliphatic hydroxyl groups excluding tert-OH is 1. The lowest BCUT2D eigenvalue weighted by molar-refractivity contribution is 0.209. The first-order valence-corrected chi connectivity index (χ1v) is 7.11. The summed E-state index contributed by atoms with van der Waals surface area (Å²) in [5, 5.41) is 22.4. The van der Waals surface area contributed by atoms with E-state index in [0.717, 1.165) is 11.3 Å². The van der Waals surface area contributed by atoms with E-state index in [0.29, 0.717) is 17.0 Å². The average molecular weight is 349 g/mol. The van der Waals surface area contributed by atoms with Gasteiger partial charge in [0.05, 0.1) is 12.2 Å². The number of hydrogen-bond acceptors (Lipinski definition) is 5. The van der Waals surface area contributed by atoms with Crippen LogP contribution in [-0.4, -0.2) is 34.9 Å². The zero-order chi connectivity index (χ0) is 14.8. The Balaban J connectivity index is 1.81. The van der Waals surface area contributed by atoms with Gasteiger partial charge in [-0.25, -0.2) is 14.3 Å². The highest BCUT2D eigenvalue weighted by Crippen LogP contribution is 2.18. The van der Waals surface area contributed by atoms with Gasteiger partial charge in [0, 0.05) is 7.05 Å². The van der Waals surface area contributed by atoms with Crippen molar-refractivity contribution in [2.24, 2.45) is 7.05 Å². The molecule has 3 rings (SSSR count). The van der Waals surface area contributed by atoms with Crippen LogP contribution in [0.25, 0.3) is 0 Å². The third kappa shape index (κ3) is 2.86. The predicted molar refractivity (Wildman–Crippen MR) is 78.3 cm³/mol. The number of aromatic nitrogens is 6. The second kappa shape index (κ2) is 5.74. The van der Waals surface area contributed by atoms with Gasteiger partial charge >= 0.3 is 0 Å². The molecule has 7 nitrogen and oxygen atoms in total. The summed E-state index contributed by atoms with van der Waals surface area (Å²) in [5.74, 6) is 0.368. The molecule has 2 heterocycles. The standard InChI is InChI=1S/C13H13BrN6O/c1-19-10(12(14)16-18-19)7-20-8-15-13(17-20)11(21)9-5-3-2-4-6-9/h2-6,8,11,21H,7H2,1H3. The Morgan fingerprint density at radius 3 is 2.71 bits per heavy atom. The summed E-state index contributed by atoms with van der Waals surface area (Å²) in [6, 6.07) is 9.32. The van der Waals surface area contributed by atoms with E-state index in [1.165, 1.54) is 0 Å². The van der Waals surface area contributed by atoms with E-state index in [-0.39, 0.29) is 0 Å². The van der Waals surface area contributed by atoms with Gasteiger partial charge in [-0.15, -0.1) is 5.10 Å². The quantitative estimate of drug-likeness (QED) is 0.768. The van der Waals surface area contributed by atoms with Crippen molar-refractivity contribution in [3.8, 4) is 0 Å². The van der Waals surface area contributed by atoms with Crippen molar-refractivity contribution in [2.75, 3.05) is 0 Å². The van der Waals surface area contributed by atoms with Gasteiger partial charge in [-0.3, -0.25) is 0 Å². The molecule has 0 amide bonds. The van der Waals surface area contributed by atoms with Crippen molar-refractivity contribution in [3.63, 3.8) is 0 Å². The number of hydrogen-bond donors (Lipinski definition) is 1. The Morgan fingerprint density at radius 2 is 2.05 bits per heavy atom. The van der Waals surface area contributed by atoms with E-state index in [9.17, 15) is 5.11 Å². The molecular formula is C13H13BrN6O. The first-order valence-electron chi connectivity index (χ1n) is 6.31. The molecule has 3 aromatic rings. The van der Waals surface area contributed by atoms with Crippen molar-refractivity contribution in [3.05, 3.63) is 58.3 Å². The van der Waals surface area contributed by atoms with E-state index in [2.05, 4.69) is 36.3 Å². The summed E-state index contributed by atoms with van der Waals surface area (Å²) in [4.78, 5) is 4.17. The van der Waals surface area contributed by atoms with E-state index in [1.807, 2.05) is 37.4 Å². The lowest BCUT2D eigenvalue weighted by Crippen LogP contribution is -2.08. The van der Waals surface area contributed by atoms with Gasteiger partial charge in [-0.05, 0) is 21.5 Å². The van der Waals surface area contributed by atoms with Crippen LogP contribution in [0.1, 0.15) is 23.2 Å². The molecule has 21 heavy (non-hydrogen) atoms. The van der Waals surface area contributed by atoms with Gasteiger partial charge < -0.3 is 5.11 Å². The molecule has 1 unspecified atom stereocenters. The third-order valence-corrected chi connectivity index (χ3v) is 3.74. The Kier molecular flexibility index (Phi) is 3.80. The molecule has 0 saturated heterocycles. The lowest BCUT2D eigenvalue weighted by atomic mass is 10.1. The molecule has 0 spiro atoms. The monoisotopic (exact) mass is 348 g/mol. The highest BCUT2D eigenvalue weighted by atomic mass is 79.9. The first kappa shape index (κ1) is 13.9. The third-order valence-electron chi connectivity index (χ3n) is 3.12. The van der Waals surface area contributed by atoms with E-state index in [1.54, 1.807) is 15.7 Å². The van der Waals surface area contributed by atoms with Crippen LogP contribution < -0.4 is 0 Å². The summed E-state index contributed by atoms with van der Waals surface area (Å²) in [7, 11) is 1.81. The first-order chi connectivity index (χ1) is 10.1. The number of aliphatic hydroxyl groups is 1. The van der Waals surface area contributed by atoms with E-state index >= 15 is 0 Å². The van der Waals surface area contributed by atoms with Gasteiger partial charge in [-0.1, -0.05) is 35.5 Å². The Labute approximate surface area is 129 Å². The summed E-state index contributed by atoms with van der Waals surface area (Å²) in [6.45, 7) is 0.471. The van der Waals surface area contributed by atoms with Crippen LogP contribution >= 0.6 is 15.9 Å². The largest absolute Gasteiger partial charge is 0.380 e. The normalized spacial score (nSPS) is 12.5. The van der Waals surface area contributed by atoms with Crippen molar-refractivity contribution < 1.29 is 5.11 Å². The fraction of sp³-hybridized carbons (Fsp3) is 0.231. The highest BCUT2D eigenvalue weighted by molar-refractivity contribution is 9.10. The van der Waals surface area contributed by atoms with Crippen molar-refractivity contribution in [2.45, 2.75) is 12.6 Å². The fourth-order valence-corrected chi connectivity index (χ4v) is 2.42. The number of rotatable bonds is 4.